The number of hydrogen-bond acceptors (Lipinski definition) is 4. The molecule has 0 bridgehead atoms. The molecule has 19 heavy (non-hydrogen) atoms. The summed E-state index contributed by atoms with van der Waals surface area (Å²) in [6.45, 7) is 0. The maximum absolute atomic E-state index is 10.6. The van der Waals surface area contributed by atoms with Gasteiger partial charge in [0.25, 0.3) is 5.69 Å². The van der Waals surface area contributed by atoms with Crippen molar-refractivity contribution in [3.63, 3.8) is 0 Å². The van der Waals surface area contributed by atoms with E-state index < -0.39 is 10.5 Å². The van der Waals surface area contributed by atoms with E-state index in [1.54, 1.807) is 12.1 Å². The lowest BCUT2D eigenvalue weighted by atomic mass is 9.75. The van der Waals surface area contributed by atoms with Gasteiger partial charge in [-0.1, -0.05) is 12.1 Å². The first-order valence-electron chi connectivity index (χ1n) is 6.44. The Morgan fingerprint density at radius 2 is 1.89 bits per heavy atom. The van der Waals surface area contributed by atoms with Crippen LogP contribution >= 0.6 is 0 Å². The minimum Gasteiger partial charge on any atom is -0.389 e. The minimum absolute atomic E-state index is 0.0945. The van der Waals surface area contributed by atoms with Crippen molar-refractivity contribution in [1.82, 2.24) is 0 Å². The molecule has 2 rings (SSSR count). The average molecular weight is 263 g/mol. The molecule has 0 heterocycles. The second kappa shape index (κ2) is 5.48. The third-order valence-electron chi connectivity index (χ3n) is 3.95. The number of carbonyl (C=O) groups is 1. The van der Waals surface area contributed by atoms with Crippen LogP contribution in [0.1, 0.15) is 43.6 Å². The number of rotatable bonds is 4. The van der Waals surface area contributed by atoms with Crippen LogP contribution in [0.4, 0.5) is 5.69 Å². The predicted octanol–water partition coefficient (Wildman–Crippen LogP) is 2.57. The van der Waals surface area contributed by atoms with Gasteiger partial charge in [-0.05, 0) is 37.2 Å². The molecule has 1 fully saturated rings. The number of benzene rings is 1. The highest BCUT2D eigenvalue weighted by molar-refractivity contribution is 5.51. The fourth-order valence-corrected chi connectivity index (χ4v) is 2.72. The Balaban J connectivity index is 2.01. The summed E-state index contributed by atoms with van der Waals surface area (Å²) in [6, 6.07) is 6.60. The maximum Gasteiger partial charge on any atom is 0.269 e. The highest BCUT2D eigenvalue weighted by atomic mass is 16.6. The zero-order chi connectivity index (χ0) is 13.9. The van der Waals surface area contributed by atoms with Crippen LogP contribution in [0, 0.1) is 10.1 Å². The summed E-state index contributed by atoms with van der Waals surface area (Å²) in [4.78, 5) is 20.7. The number of hydrogen-bond donors (Lipinski definition) is 1. The molecule has 1 aromatic rings. The molecule has 1 N–H and O–H groups in total. The van der Waals surface area contributed by atoms with E-state index in [0.29, 0.717) is 18.8 Å². The second-order valence-electron chi connectivity index (χ2n) is 5.22. The third-order valence-corrected chi connectivity index (χ3v) is 3.95. The molecule has 1 aliphatic rings. The highest BCUT2D eigenvalue weighted by Gasteiger charge is 2.33. The topological polar surface area (TPSA) is 80.4 Å². The Morgan fingerprint density at radius 1 is 1.32 bits per heavy atom. The smallest absolute Gasteiger partial charge is 0.269 e. The summed E-state index contributed by atoms with van der Waals surface area (Å²) in [5.41, 5.74) is 0.315. The predicted molar refractivity (Wildman–Crippen MR) is 69.9 cm³/mol. The Kier molecular flexibility index (Phi) is 3.95. The molecule has 1 saturated carbocycles. The Bertz CT molecular complexity index is 461. The summed E-state index contributed by atoms with van der Waals surface area (Å²) in [5, 5.41) is 20.7. The van der Waals surface area contributed by atoms with E-state index in [4.69, 9.17) is 0 Å². The van der Waals surface area contributed by atoms with Gasteiger partial charge in [0.2, 0.25) is 0 Å². The largest absolute Gasteiger partial charge is 0.389 e. The summed E-state index contributed by atoms with van der Waals surface area (Å²) in [6.07, 6.45) is 3.79. The SMILES string of the molecule is O=CC[C@]1(O)CC[C@@H](c2ccc([N+](=O)[O-])cc2)CC1. The molecular weight excluding hydrogens is 246 g/mol. The van der Waals surface area contributed by atoms with Gasteiger partial charge in [0.15, 0.2) is 0 Å². The number of non-ortho nitro benzene ring substituents is 1. The first-order valence-corrected chi connectivity index (χ1v) is 6.44. The summed E-state index contributed by atoms with van der Waals surface area (Å²) < 4.78 is 0. The first kappa shape index (κ1) is 13.7. The van der Waals surface area contributed by atoms with Crippen molar-refractivity contribution in [2.45, 2.75) is 43.6 Å². The van der Waals surface area contributed by atoms with Crippen LogP contribution < -0.4 is 0 Å². The fourth-order valence-electron chi connectivity index (χ4n) is 2.72. The number of nitro benzene ring substituents is 1. The lowest BCUT2D eigenvalue weighted by molar-refractivity contribution is -0.384. The molecule has 5 nitrogen and oxygen atoms in total. The minimum atomic E-state index is -0.848. The molecule has 0 aromatic heterocycles. The Morgan fingerprint density at radius 3 is 2.37 bits per heavy atom. The molecule has 0 radical (unpaired) electrons. The summed E-state index contributed by atoms with van der Waals surface area (Å²) in [7, 11) is 0. The van der Waals surface area contributed by atoms with E-state index in [1.165, 1.54) is 12.1 Å². The normalized spacial score (nSPS) is 26.9. The van der Waals surface area contributed by atoms with E-state index in [9.17, 15) is 20.0 Å². The van der Waals surface area contributed by atoms with Gasteiger partial charge in [-0.25, -0.2) is 0 Å². The quantitative estimate of drug-likeness (QED) is 0.514. The Hall–Kier alpha value is -1.75. The Labute approximate surface area is 111 Å². The number of nitrogens with zero attached hydrogens (tertiary/aromatic N) is 1. The van der Waals surface area contributed by atoms with E-state index in [0.717, 1.165) is 24.7 Å². The maximum atomic E-state index is 10.6. The first-order chi connectivity index (χ1) is 9.04. The monoisotopic (exact) mass is 263 g/mol. The number of aliphatic hydroxyl groups is 1. The molecule has 0 amide bonds. The molecule has 0 spiro atoms. The number of nitro groups is 1. The van der Waals surface area contributed by atoms with Crippen LogP contribution in [0.25, 0.3) is 0 Å². The second-order valence-corrected chi connectivity index (χ2v) is 5.22. The van der Waals surface area contributed by atoms with E-state index >= 15 is 0 Å². The van der Waals surface area contributed by atoms with E-state index in [2.05, 4.69) is 0 Å². The zero-order valence-corrected chi connectivity index (χ0v) is 10.6. The lowest BCUT2D eigenvalue weighted by Crippen LogP contribution is -2.33. The molecular formula is C14H17NO4. The van der Waals surface area contributed by atoms with Gasteiger partial charge in [0.1, 0.15) is 6.29 Å². The van der Waals surface area contributed by atoms with Crippen LogP contribution in [0.3, 0.4) is 0 Å². The van der Waals surface area contributed by atoms with Crippen LogP contribution in [0.2, 0.25) is 0 Å². The fraction of sp³-hybridized carbons (Fsp3) is 0.500. The third kappa shape index (κ3) is 3.17. The molecule has 0 aliphatic heterocycles. The van der Waals surface area contributed by atoms with Crippen LogP contribution in [0.5, 0.6) is 0 Å². The van der Waals surface area contributed by atoms with Crippen molar-refractivity contribution in [2.75, 3.05) is 0 Å². The number of carbonyl (C=O) groups excluding carboxylic acids is 1. The van der Waals surface area contributed by atoms with Crippen molar-refractivity contribution in [3.05, 3.63) is 39.9 Å². The van der Waals surface area contributed by atoms with Crippen LogP contribution in [-0.4, -0.2) is 21.9 Å². The summed E-state index contributed by atoms with van der Waals surface area (Å²) in [5.74, 6) is 0.313. The molecule has 1 aliphatic carbocycles. The van der Waals surface area contributed by atoms with Crippen molar-refractivity contribution in [3.8, 4) is 0 Å². The van der Waals surface area contributed by atoms with Gasteiger partial charge in [0.05, 0.1) is 10.5 Å². The van der Waals surface area contributed by atoms with Crippen molar-refractivity contribution in [2.24, 2.45) is 0 Å². The molecule has 102 valence electrons. The zero-order valence-electron chi connectivity index (χ0n) is 10.6. The molecule has 0 atom stereocenters. The molecule has 0 unspecified atom stereocenters. The van der Waals surface area contributed by atoms with Crippen LogP contribution in [-0.2, 0) is 4.79 Å². The summed E-state index contributed by atoms with van der Waals surface area (Å²) >= 11 is 0. The van der Waals surface area contributed by atoms with Gasteiger partial charge < -0.3 is 9.90 Å². The van der Waals surface area contributed by atoms with Crippen molar-refractivity contribution in [1.29, 1.82) is 0 Å². The van der Waals surface area contributed by atoms with Gasteiger partial charge in [-0.3, -0.25) is 10.1 Å². The van der Waals surface area contributed by atoms with Crippen LogP contribution in [0.15, 0.2) is 24.3 Å². The van der Waals surface area contributed by atoms with Gasteiger partial charge in [-0.15, -0.1) is 0 Å². The van der Waals surface area contributed by atoms with Crippen molar-refractivity contribution >= 4 is 12.0 Å². The lowest BCUT2D eigenvalue weighted by Gasteiger charge is -2.35. The van der Waals surface area contributed by atoms with Crippen molar-refractivity contribution < 1.29 is 14.8 Å². The van der Waals surface area contributed by atoms with Gasteiger partial charge in [-0.2, -0.15) is 0 Å². The molecule has 1 aromatic carbocycles. The molecule has 5 heteroatoms. The van der Waals surface area contributed by atoms with E-state index in [1.807, 2.05) is 0 Å². The van der Waals surface area contributed by atoms with Gasteiger partial charge in [0, 0.05) is 18.6 Å². The van der Waals surface area contributed by atoms with E-state index in [-0.39, 0.29) is 12.1 Å². The standard InChI is InChI=1S/C14H17NO4/c16-10-9-14(17)7-5-12(6-8-14)11-1-3-13(4-2-11)15(18)19/h1-4,10,12,17H,5-9H2/t12-,14+. The average Bonchev–Trinajstić information content (AvgIpc) is 2.40. The highest BCUT2D eigenvalue weighted by Crippen LogP contribution is 2.39. The number of aldehydes is 1. The van der Waals surface area contributed by atoms with Gasteiger partial charge >= 0.3 is 0 Å². The molecule has 0 saturated heterocycles.